The molecule has 1 aliphatic rings. The lowest BCUT2D eigenvalue weighted by Crippen LogP contribution is -2.39. The van der Waals surface area contributed by atoms with Crippen LogP contribution in [0.4, 0.5) is 0 Å². The lowest BCUT2D eigenvalue weighted by molar-refractivity contribution is 0.0949. The smallest absolute Gasteiger partial charge is 0.251 e. The summed E-state index contributed by atoms with van der Waals surface area (Å²) in [5, 5.41) is 3.02. The zero-order valence-electron chi connectivity index (χ0n) is 13.1. The number of likely N-dealkylation sites (tertiary alicyclic amines) is 1. The van der Waals surface area contributed by atoms with E-state index < -0.39 is 0 Å². The molecule has 0 aromatic heterocycles. The van der Waals surface area contributed by atoms with Gasteiger partial charge in [0.1, 0.15) is 0 Å². The van der Waals surface area contributed by atoms with Gasteiger partial charge in [-0.1, -0.05) is 6.42 Å². The third-order valence-corrected chi connectivity index (χ3v) is 4.94. The summed E-state index contributed by atoms with van der Waals surface area (Å²) in [6.07, 6.45) is 7.06. The first-order valence-corrected chi connectivity index (χ1v) is 9.09. The molecule has 1 atom stereocenters. The highest BCUT2D eigenvalue weighted by Crippen LogP contribution is 2.16. The molecule has 0 radical (unpaired) electrons. The molecule has 0 aliphatic carbocycles. The normalized spacial score (nSPS) is 19.4. The van der Waals surface area contributed by atoms with Gasteiger partial charge in [0, 0.05) is 29.6 Å². The number of piperidine rings is 1. The van der Waals surface area contributed by atoms with Gasteiger partial charge in [0.05, 0.1) is 0 Å². The molecule has 3 nitrogen and oxygen atoms in total. The fraction of sp³-hybridized carbons (Fsp3) is 0.588. The third-order valence-electron chi connectivity index (χ3n) is 4.20. The summed E-state index contributed by atoms with van der Waals surface area (Å²) in [5.41, 5.74) is 0.749. The van der Waals surface area contributed by atoms with E-state index in [0.29, 0.717) is 6.04 Å². The quantitative estimate of drug-likeness (QED) is 0.646. The van der Waals surface area contributed by atoms with Crippen molar-refractivity contribution in [1.29, 1.82) is 0 Å². The second-order valence-electron chi connectivity index (χ2n) is 5.72. The van der Waals surface area contributed by atoms with Gasteiger partial charge in [0.15, 0.2) is 0 Å². The van der Waals surface area contributed by atoms with Crippen molar-refractivity contribution in [3.05, 3.63) is 29.8 Å². The summed E-state index contributed by atoms with van der Waals surface area (Å²) >= 11 is 1.69. The molecule has 1 N–H and O–H groups in total. The molecule has 0 bridgehead atoms. The molecule has 1 amide bonds. The number of hydrogen-bond acceptors (Lipinski definition) is 3. The molecule has 116 valence electrons. The molecule has 0 spiro atoms. The van der Waals surface area contributed by atoms with Crippen LogP contribution in [-0.2, 0) is 0 Å². The van der Waals surface area contributed by atoms with E-state index in [4.69, 9.17) is 0 Å². The number of nitrogens with one attached hydrogen (secondary N) is 1. The van der Waals surface area contributed by atoms with Crippen LogP contribution in [0.15, 0.2) is 29.2 Å². The van der Waals surface area contributed by atoms with E-state index in [9.17, 15) is 4.79 Å². The van der Waals surface area contributed by atoms with Gasteiger partial charge in [-0.3, -0.25) is 4.79 Å². The molecule has 2 rings (SSSR count). The monoisotopic (exact) mass is 306 g/mol. The maximum absolute atomic E-state index is 12.0. The second-order valence-corrected chi connectivity index (χ2v) is 6.60. The molecule has 1 fully saturated rings. The first-order valence-electron chi connectivity index (χ1n) is 7.87. The van der Waals surface area contributed by atoms with Crippen molar-refractivity contribution >= 4 is 17.7 Å². The zero-order chi connectivity index (χ0) is 15.1. The molecule has 1 aliphatic heterocycles. The molecule has 4 heteroatoms. The third kappa shape index (κ3) is 5.04. The fourth-order valence-corrected chi connectivity index (χ4v) is 3.23. The summed E-state index contributed by atoms with van der Waals surface area (Å²) in [7, 11) is 0. The van der Waals surface area contributed by atoms with Crippen molar-refractivity contribution in [3.63, 3.8) is 0 Å². The molecular weight excluding hydrogens is 280 g/mol. The van der Waals surface area contributed by atoms with E-state index in [2.05, 4.69) is 17.1 Å². The van der Waals surface area contributed by atoms with Crippen molar-refractivity contribution < 1.29 is 4.79 Å². The van der Waals surface area contributed by atoms with Gasteiger partial charge in [0.2, 0.25) is 0 Å². The molecule has 1 heterocycles. The van der Waals surface area contributed by atoms with E-state index >= 15 is 0 Å². The molecule has 0 unspecified atom stereocenters. The van der Waals surface area contributed by atoms with Crippen LogP contribution in [-0.4, -0.2) is 42.7 Å². The first-order chi connectivity index (χ1) is 10.2. The zero-order valence-corrected chi connectivity index (χ0v) is 13.9. The van der Waals surface area contributed by atoms with Crippen LogP contribution in [0.3, 0.4) is 0 Å². The standard InChI is InChI=1S/C17H26N2OS/c1-14-6-3-4-12-19(14)13-5-11-18-17(20)15-7-9-16(21-2)10-8-15/h7-10,14H,3-6,11-13H2,1-2H3,(H,18,20)/t14-/m1/s1. The van der Waals surface area contributed by atoms with Gasteiger partial charge in [-0.15, -0.1) is 11.8 Å². The van der Waals surface area contributed by atoms with Crippen molar-refractivity contribution in [1.82, 2.24) is 10.2 Å². The summed E-state index contributed by atoms with van der Waals surface area (Å²) < 4.78 is 0. The Labute approximate surface area is 132 Å². The maximum atomic E-state index is 12.0. The summed E-state index contributed by atoms with van der Waals surface area (Å²) in [6, 6.07) is 8.49. The second kappa shape index (κ2) is 8.44. The van der Waals surface area contributed by atoms with Gasteiger partial charge >= 0.3 is 0 Å². The Morgan fingerprint density at radius 2 is 2.10 bits per heavy atom. The van der Waals surface area contributed by atoms with Crippen LogP contribution in [0.2, 0.25) is 0 Å². The fourth-order valence-electron chi connectivity index (χ4n) is 2.82. The van der Waals surface area contributed by atoms with Crippen molar-refractivity contribution in [2.24, 2.45) is 0 Å². The number of carbonyl (C=O) groups is 1. The summed E-state index contributed by atoms with van der Waals surface area (Å²) in [4.78, 5) is 15.8. The lowest BCUT2D eigenvalue weighted by Gasteiger charge is -2.33. The van der Waals surface area contributed by atoms with Crippen LogP contribution >= 0.6 is 11.8 Å². The van der Waals surface area contributed by atoms with Crippen LogP contribution < -0.4 is 5.32 Å². The van der Waals surface area contributed by atoms with E-state index in [1.165, 1.54) is 30.7 Å². The number of amides is 1. The Kier molecular flexibility index (Phi) is 6.58. The number of thioether (sulfide) groups is 1. The average molecular weight is 306 g/mol. The minimum Gasteiger partial charge on any atom is -0.352 e. The highest BCUT2D eigenvalue weighted by molar-refractivity contribution is 7.98. The number of benzene rings is 1. The van der Waals surface area contributed by atoms with E-state index in [1.807, 2.05) is 30.5 Å². The molecule has 1 saturated heterocycles. The minimum atomic E-state index is 0.0364. The average Bonchev–Trinajstić information content (AvgIpc) is 2.53. The van der Waals surface area contributed by atoms with Crippen LogP contribution in [0.5, 0.6) is 0 Å². The molecule has 0 saturated carbocycles. The Morgan fingerprint density at radius 3 is 2.76 bits per heavy atom. The molecule has 1 aromatic rings. The van der Waals surface area contributed by atoms with Gasteiger partial charge in [-0.2, -0.15) is 0 Å². The van der Waals surface area contributed by atoms with E-state index in [0.717, 1.165) is 25.1 Å². The highest BCUT2D eigenvalue weighted by Gasteiger charge is 2.17. The van der Waals surface area contributed by atoms with Gasteiger partial charge in [0.25, 0.3) is 5.91 Å². The Hall–Kier alpha value is -1.00. The van der Waals surface area contributed by atoms with Crippen LogP contribution in [0.1, 0.15) is 43.0 Å². The summed E-state index contributed by atoms with van der Waals surface area (Å²) in [5.74, 6) is 0.0364. The lowest BCUT2D eigenvalue weighted by atomic mass is 10.0. The topological polar surface area (TPSA) is 32.3 Å². The molecular formula is C17H26N2OS. The summed E-state index contributed by atoms with van der Waals surface area (Å²) in [6.45, 7) is 5.37. The van der Waals surface area contributed by atoms with Gasteiger partial charge in [-0.25, -0.2) is 0 Å². The minimum absolute atomic E-state index is 0.0364. The van der Waals surface area contributed by atoms with Crippen LogP contribution in [0, 0.1) is 0 Å². The van der Waals surface area contributed by atoms with Gasteiger partial charge < -0.3 is 10.2 Å². The molecule has 21 heavy (non-hydrogen) atoms. The first kappa shape index (κ1) is 16.4. The number of carbonyl (C=O) groups excluding carboxylic acids is 1. The largest absolute Gasteiger partial charge is 0.352 e. The Morgan fingerprint density at radius 1 is 1.33 bits per heavy atom. The maximum Gasteiger partial charge on any atom is 0.251 e. The Balaban J connectivity index is 1.68. The predicted molar refractivity (Wildman–Crippen MR) is 90.1 cm³/mol. The van der Waals surface area contributed by atoms with Crippen molar-refractivity contribution in [3.8, 4) is 0 Å². The van der Waals surface area contributed by atoms with E-state index in [-0.39, 0.29) is 5.91 Å². The Bertz CT molecular complexity index is 447. The highest BCUT2D eigenvalue weighted by atomic mass is 32.2. The molecule has 1 aromatic carbocycles. The van der Waals surface area contributed by atoms with Gasteiger partial charge in [-0.05, 0) is 63.3 Å². The van der Waals surface area contributed by atoms with Crippen molar-refractivity contribution in [2.45, 2.75) is 43.5 Å². The van der Waals surface area contributed by atoms with Crippen molar-refractivity contribution in [2.75, 3.05) is 25.9 Å². The number of rotatable bonds is 6. The number of hydrogen-bond donors (Lipinski definition) is 1. The number of nitrogens with zero attached hydrogens (tertiary/aromatic N) is 1. The predicted octanol–water partition coefficient (Wildman–Crippen LogP) is 3.40. The van der Waals surface area contributed by atoms with E-state index in [1.54, 1.807) is 11.8 Å². The van der Waals surface area contributed by atoms with Crippen LogP contribution in [0.25, 0.3) is 0 Å². The SMILES string of the molecule is CSc1ccc(C(=O)NCCCN2CCCC[C@H]2C)cc1.